The Morgan fingerprint density at radius 3 is 2.67 bits per heavy atom. The maximum absolute atomic E-state index is 12.8. The van der Waals surface area contributed by atoms with Crippen LogP contribution < -0.4 is 5.32 Å². The van der Waals surface area contributed by atoms with Crippen LogP contribution in [0.25, 0.3) is 0 Å². The molecule has 0 bridgehead atoms. The fraction of sp³-hybridized carbons (Fsp3) is 0.300. The monoisotopic (exact) mass is 320 g/mol. The fourth-order valence-corrected chi connectivity index (χ4v) is 3.83. The predicted octanol–water partition coefficient (Wildman–Crippen LogP) is 2.99. The number of nitrogens with zero attached hydrogens (tertiary/aromatic N) is 1. The first-order valence-electron chi connectivity index (χ1n) is 8.43. The second-order valence-electron chi connectivity index (χ2n) is 6.61. The van der Waals surface area contributed by atoms with E-state index in [1.165, 1.54) is 5.56 Å². The van der Waals surface area contributed by atoms with Crippen molar-refractivity contribution in [1.82, 2.24) is 4.90 Å². The average Bonchev–Trinajstić information content (AvgIpc) is 3.18. The summed E-state index contributed by atoms with van der Waals surface area (Å²) in [6.45, 7) is 3.15. The van der Waals surface area contributed by atoms with Gasteiger partial charge in [-0.2, -0.15) is 0 Å². The van der Waals surface area contributed by atoms with Gasteiger partial charge in [0.05, 0.1) is 5.41 Å². The minimum atomic E-state index is -0.588. The summed E-state index contributed by atoms with van der Waals surface area (Å²) in [4.78, 5) is 27.2. The number of fused-ring (bicyclic) bond motifs is 2. The van der Waals surface area contributed by atoms with Crippen LogP contribution in [0.2, 0.25) is 0 Å². The molecule has 2 aromatic rings. The summed E-state index contributed by atoms with van der Waals surface area (Å²) in [6.07, 6.45) is 1.63. The van der Waals surface area contributed by atoms with Crippen LogP contribution in [0.15, 0.2) is 48.5 Å². The van der Waals surface area contributed by atoms with Gasteiger partial charge in [0, 0.05) is 24.3 Å². The van der Waals surface area contributed by atoms with E-state index < -0.39 is 5.41 Å². The summed E-state index contributed by atoms with van der Waals surface area (Å²) in [5, 5.41) is 2.97. The molecule has 1 atom stereocenters. The Hall–Kier alpha value is -2.62. The molecule has 0 aliphatic carbocycles. The molecular formula is C20H20N2O2. The number of hydrogen-bond acceptors (Lipinski definition) is 2. The molecule has 2 heterocycles. The topological polar surface area (TPSA) is 49.4 Å². The highest BCUT2D eigenvalue weighted by Gasteiger charge is 2.51. The van der Waals surface area contributed by atoms with E-state index in [2.05, 4.69) is 12.2 Å². The van der Waals surface area contributed by atoms with Crippen LogP contribution in [0, 0.1) is 0 Å². The van der Waals surface area contributed by atoms with Crippen molar-refractivity contribution >= 4 is 17.5 Å². The van der Waals surface area contributed by atoms with E-state index in [-0.39, 0.29) is 11.8 Å². The Kier molecular flexibility index (Phi) is 3.41. The van der Waals surface area contributed by atoms with Gasteiger partial charge in [-0.1, -0.05) is 37.3 Å². The molecule has 0 radical (unpaired) electrons. The van der Waals surface area contributed by atoms with Gasteiger partial charge in [0.1, 0.15) is 0 Å². The van der Waals surface area contributed by atoms with Crippen LogP contribution >= 0.6 is 0 Å². The van der Waals surface area contributed by atoms with E-state index in [1.807, 2.05) is 53.4 Å². The quantitative estimate of drug-likeness (QED) is 0.925. The number of carbonyl (C=O) groups excluding carboxylic acids is 2. The third kappa shape index (κ3) is 2.13. The molecule has 122 valence electrons. The zero-order chi connectivity index (χ0) is 16.7. The number of amides is 2. The van der Waals surface area contributed by atoms with Gasteiger partial charge < -0.3 is 10.2 Å². The lowest BCUT2D eigenvalue weighted by Crippen LogP contribution is -2.39. The lowest BCUT2D eigenvalue weighted by Gasteiger charge is -2.22. The first-order chi connectivity index (χ1) is 11.6. The van der Waals surface area contributed by atoms with Gasteiger partial charge in [-0.25, -0.2) is 0 Å². The van der Waals surface area contributed by atoms with Crippen LogP contribution in [-0.4, -0.2) is 29.8 Å². The maximum Gasteiger partial charge on any atom is 0.253 e. The van der Waals surface area contributed by atoms with Crippen molar-refractivity contribution < 1.29 is 9.59 Å². The van der Waals surface area contributed by atoms with Crippen LogP contribution in [-0.2, 0) is 16.6 Å². The second kappa shape index (κ2) is 5.48. The number of aryl methyl sites for hydroxylation is 1. The molecule has 1 saturated heterocycles. The van der Waals surface area contributed by atoms with Crippen LogP contribution in [0.5, 0.6) is 0 Å². The van der Waals surface area contributed by atoms with Gasteiger partial charge in [0.25, 0.3) is 5.91 Å². The number of para-hydroxylation sites is 1. The summed E-state index contributed by atoms with van der Waals surface area (Å²) < 4.78 is 0. The summed E-state index contributed by atoms with van der Waals surface area (Å²) in [6, 6.07) is 15.6. The van der Waals surface area contributed by atoms with Gasteiger partial charge in [0.2, 0.25) is 5.91 Å². The van der Waals surface area contributed by atoms with E-state index in [0.717, 1.165) is 17.7 Å². The molecule has 24 heavy (non-hydrogen) atoms. The molecule has 2 aliphatic rings. The van der Waals surface area contributed by atoms with E-state index in [1.54, 1.807) is 0 Å². The highest BCUT2D eigenvalue weighted by atomic mass is 16.2. The van der Waals surface area contributed by atoms with Crippen molar-refractivity contribution in [2.24, 2.45) is 0 Å². The zero-order valence-corrected chi connectivity index (χ0v) is 13.7. The molecule has 4 nitrogen and oxygen atoms in total. The van der Waals surface area contributed by atoms with Crippen LogP contribution in [0.3, 0.4) is 0 Å². The number of benzene rings is 2. The van der Waals surface area contributed by atoms with Crippen LogP contribution in [0.4, 0.5) is 5.69 Å². The summed E-state index contributed by atoms with van der Waals surface area (Å²) in [5.74, 6) is 0.0204. The number of hydrogen-bond donors (Lipinski definition) is 1. The Morgan fingerprint density at radius 2 is 1.92 bits per heavy atom. The van der Waals surface area contributed by atoms with Crippen molar-refractivity contribution in [3.8, 4) is 0 Å². The summed E-state index contributed by atoms with van der Waals surface area (Å²) in [5.41, 5.74) is 3.22. The Labute approximate surface area is 141 Å². The molecule has 4 rings (SSSR count). The summed E-state index contributed by atoms with van der Waals surface area (Å²) >= 11 is 0. The largest absolute Gasteiger partial charge is 0.337 e. The first-order valence-corrected chi connectivity index (χ1v) is 8.43. The van der Waals surface area contributed by atoms with Crippen molar-refractivity contribution in [2.45, 2.75) is 25.2 Å². The van der Waals surface area contributed by atoms with Gasteiger partial charge >= 0.3 is 0 Å². The van der Waals surface area contributed by atoms with E-state index in [0.29, 0.717) is 25.1 Å². The molecule has 0 aromatic heterocycles. The third-order valence-electron chi connectivity index (χ3n) is 5.29. The third-order valence-corrected chi connectivity index (χ3v) is 5.29. The average molecular weight is 320 g/mol. The van der Waals surface area contributed by atoms with Crippen molar-refractivity contribution in [1.29, 1.82) is 0 Å². The number of anilines is 1. The van der Waals surface area contributed by atoms with Crippen LogP contribution in [0.1, 0.15) is 34.8 Å². The standard InChI is InChI=1S/C20H20N2O2/c1-2-14-7-9-15(10-8-14)18(23)22-12-11-20(13-22)16-5-3-4-6-17(16)21-19(20)24/h3-10H,2,11-13H2,1H3,(H,21,24)/t20-/m1/s1. The molecule has 0 unspecified atom stereocenters. The molecular weight excluding hydrogens is 300 g/mol. The van der Waals surface area contributed by atoms with Crippen molar-refractivity contribution in [3.05, 3.63) is 65.2 Å². The highest BCUT2D eigenvalue weighted by molar-refractivity contribution is 6.07. The van der Waals surface area contributed by atoms with Crippen molar-refractivity contribution in [2.75, 3.05) is 18.4 Å². The summed E-state index contributed by atoms with van der Waals surface area (Å²) in [7, 11) is 0. The van der Waals surface area contributed by atoms with Crippen molar-refractivity contribution in [3.63, 3.8) is 0 Å². The normalized spacial score (nSPS) is 21.9. The lowest BCUT2D eigenvalue weighted by molar-refractivity contribution is -0.120. The molecule has 1 fully saturated rings. The minimum absolute atomic E-state index is 0.00621. The molecule has 4 heteroatoms. The van der Waals surface area contributed by atoms with Gasteiger partial charge in [-0.15, -0.1) is 0 Å². The molecule has 1 N–H and O–H groups in total. The SMILES string of the molecule is CCc1ccc(C(=O)N2CC[C@]3(C2)C(=O)Nc2ccccc23)cc1. The van der Waals surface area contributed by atoms with Gasteiger partial charge in [-0.3, -0.25) is 9.59 Å². The Bertz CT molecular complexity index is 813. The Morgan fingerprint density at radius 1 is 1.17 bits per heavy atom. The fourth-order valence-electron chi connectivity index (χ4n) is 3.83. The maximum atomic E-state index is 12.8. The molecule has 0 saturated carbocycles. The molecule has 1 spiro atoms. The molecule has 2 aromatic carbocycles. The van der Waals surface area contributed by atoms with E-state index in [4.69, 9.17) is 0 Å². The minimum Gasteiger partial charge on any atom is -0.337 e. The number of carbonyl (C=O) groups is 2. The van der Waals surface area contributed by atoms with Gasteiger partial charge in [0.15, 0.2) is 0 Å². The molecule has 2 amide bonds. The zero-order valence-electron chi connectivity index (χ0n) is 13.7. The van der Waals surface area contributed by atoms with E-state index in [9.17, 15) is 9.59 Å². The number of likely N-dealkylation sites (tertiary alicyclic amines) is 1. The first kappa shape index (κ1) is 14.9. The smallest absolute Gasteiger partial charge is 0.253 e. The van der Waals surface area contributed by atoms with E-state index >= 15 is 0 Å². The predicted molar refractivity (Wildman–Crippen MR) is 93.1 cm³/mol. The number of rotatable bonds is 2. The molecule has 2 aliphatic heterocycles. The highest BCUT2D eigenvalue weighted by Crippen LogP contribution is 2.44. The second-order valence-corrected chi connectivity index (χ2v) is 6.61. The number of nitrogens with one attached hydrogen (secondary N) is 1. The lowest BCUT2D eigenvalue weighted by atomic mass is 9.81. The Balaban J connectivity index is 1.60. The van der Waals surface area contributed by atoms with Gasteiger partial charge in [-0.05, 0) is 42.2 Å².